The van der Waals surface area contributed by atoms with Crippen LogP contribution in [0, 0.1) is 0 Å². The first-order valence-corrected chi connectivity index (χ1v) is 8.24. The normalized spacial score (nSPS) is 17.6. The van der Waals surface area contributed by atoms with Crippen LogP contribution in [-0.2, 0) is 0 Å². The lowest BCUT2D eigenvalue weighted by atomic mass is 10.3. The van der Waals surface area contributed by atoms with Gasteiger partial charge in [0.25, 0.3) is 0 Å². The summed E-state index contributed by atoms with van der Waals surface area (Å²) < 4.78 is 0. The highest BCUT2D eigenvalue weighted by molar-refractivity contribution is 7.99. The van der Waals surface area contributed by atoms with E-state index in [4.69, 9.17) is 5.73 Å². The van der Waals surface area contributed by atoms with Crippen molar-refractivity contribution in [2.45, 2.75) is 11.8 Å². The van der Waals surface area contributed by atoms with E-state index in [1.807, 2.05) is 6.26 Å². The molecule has 7 heteroatoms. The predicted octanol–water partition coefficient (Wildman–Crippen LogP) is 1.83. The summed E-state index contributed by atoms with van der Waals surface area (Å²) in [6.45, 7) is 5.59. The Morgan fingerprint density at radius 1 is 1.37 bits per heavy atom. The Morgan fingerprint density at radius 2 is 2.00 bits per heavy atom. The van der Waals surface area contributed by atoms with E-state index >= 15 is 0 Å². The third-order valence-electron chi connectivity index (χ3n) is 3.19. The van der Waals surface area contributed by atoms with E-state index in [0.717, 1.165) is 36.1 Å². The number of hydrazine groups is 1. The van der Waals surface area contributed by atoms with Crippen molar-refractivity contribution >= 4 is 39.6 Å². The van der Waals surface area contributed by atoms with Crippen LogP contribution in [0.15, 0.2) is 4.90 Å². The topological polar surface area (TPSA) is 61.6 Å². The van der Waals surface area contributed by atoms with E-state index in [1.165, 1.54) is 11.3 Å². The monoisotopic (exact) mass is 300 g/mol. The number of Topliss-reactive ketones (excluding diaryl/α,β-unsaturated/α-hetero) is 1. The molecule has 0 bridgehead atoms. The molecule has 1 fully saturated rings. The minimum Gasteiger partial charge on any atom is -0.396 e. The molecule has 0 aromatic carbocycles. The summed E-state index contributed by atoms with van der Waals surface area (Å²) in [4.78, 5) is 15.5. The molecule has 0 aliphatic carbocycles. The van der Waals surface area contributed by atoms with Gasteiger partial charge in [-0.15, -0.1) is 23.1 Å². The largest absolute Gasteiger partial charge is 0.396 e. The van der Waals surface area contributed by atoms with Crippen molar-refractivity contribution in [2.75, 3.05) is 50.6 Å². The number of hydrogen-bond donors (Lipinski definition) is 2. The van der Waals surface area contributed by atoms with Crippen molar-refractivity contribution in [3.63, 3.8) is 0 Å². The first-order chi connectivity index (χ1) is 9.02. The number of nitrogens with two attached hydrogens (primary N) is 1. The van der Waals surface area contributed by atoms with Crippen molar-refractivity contribution < 1.29 is 4.79 Å². The van der Waals surface area contributed by atoms with Crippen LogP contribution in [0.25, 0.3) is 0 Å². The van der Waals surface area contributed by atoms with Crippen molar-refractivity contribution in [3.05, 3.63) is 4.88 Å². The number of carbonyl (C=O) groups is 1. The fourth-order valence-corrected chi connectivity index (χ4v) is 3.96. The number of rotatable bonds is 4. The third kappa shape index (κ3) is 3.22. The Morgan fingerprint density at radius 3 is 2.53 bits per heavy atom. The van der Waals surface area contributed by atoms with E-state index < -0.39 is 0 Å². The molecule has 1 aromatic rings. The second-order valence-corrected chi connectivity index (χ2v) is 6.50. The van der Waals surface area contributed by atoms with Gasteiger partial charge in [-0.05, 0) is 13.3 Å². The molecule has 1 aromatic heterocycles. The van der Waals surface area contributed by atoms with Gasteiger partial charge in [-0.1, -0.05) is 0 Å². The van der Waals surface area contributed by atoms with Crippen LogP contribution >= 0.6 is 23.1 Å². The van der Waals surface area contributed by atoms with Crippen molar-refractivity contribution in [2.24, 2.45) is 0 Å². The molecular weight excluding hydrogens is 280 g/mol. The maximum atomic E-state index is 11.6. The lowest BCUT2D eigenvalue weighted by molar-refractivity contribution is 0.102. The zero-order valence-corrected chi connectivity index (χ0v) is 13.2. The number of ketones is 1. The van der Waals surface area contributed by atoms with Crippen LogP contribution in [0.4, 0.5) is 10.7 Å². The van der Waals surface area contributed by atoms with Gasteiger partial charge in [0.1, 0.15) is 5.00 Å². The second kappa shape index (κ2) is 6.13. The van der Waals surface area contributed by atoms with Gasteiger partial charge in [0, 0.05) is 33.1 Å². The van der Waals surface area contributed by atoms with Crippen LogP contribution in [0.3, 0.4) is 0 Å². The van der Waals surface area contributed by atoms with E-state index in [0.29, 0.717) is 10.6 Å². The zero-order chi connectivity index (χ0) is 14.0. The highest BCUT2D eigenvalue weighted by atomic mass is 32.2. The number of hydrogen-bond acceptors (Lipinski definition) is 7. The van der Waals surface area contributed by atoms with E-state index in [-0.39, 0.29) is 5.78 Å². The number of piperazine rings is 1. The van der Waals surface area contributed by atoms with Crippen molar-refractivity contribution in [3.8, 4) is 0 Å². The molecule has 0 spiro atoms. The van der Waals surface area contributed by atoms with Crippen LogP contribution < -0.4 is 11.2 Å². The Hall–Kier alpha value is -0.760. The first-order valence-electron chi connectivity index (χ1n) is 6.20. The van der Waals surface area contributed by atoms with E-state index in [9.17, 15) is 4.79 Å². The number of carbonyl (C=O) groups excluding carboxylic acids is 1. The molecule has 0 atom stereocenters. The molecule has 0 unspecified atom stereocenters. The molecule has 2 heterocycles. The molecule has 5 nitrogen and oxygen atoms in total. The van der Waals surface area contributed by atoms with Crippen molar-refractivity contribution in [1.29, 1.82) is 0 Å². The Balaban J connectivity index is 2.15. The molecule has 0 saturated carbocycles. The molecule has 1 aliphatic heterocycles. The zero-order valence-electron chi connectivity index (χ0n) is 11.5. The number of thioether (sulfide) groups is 1. The summed E-state index contributed by atoms with van der Waals surface area (Å²) in [6, 6.07) is 0. The van der Waals surface area contributed by atoms with Gasteiger partial charge in [-0.2, -0.15) is 0 Å². The second-order valence-electron chi connectivity index (χ2n) is 4.67. The number of nitrogens with zero attached hydrogens (tertiary/aromatic N) is 2. The molecule has 19 heavy (non-hydrogen) atoms. The van der Waals surface area contributed by atoms with E-state index in [2.05, 4.69) is 22.4 Å². The fourth-order valence-electron chi connectivity index (χ4n) is 2.03. The van der Waals surface area contributed by atoms with Gasteiger partial charge in [-0.25, -0.2) is 5.01 Å². The molecule has 0 radical (unpaired) electrons. The van der Waals surface area contributed by atoms with E-state index in [1.54, 1.807) is 18.7 Å². The molecule has 1 saturated heterocycles. The van der Waals surface area contributed by atoms with Crippen LogP contribution in [0.2, 0.25) is 0 Å². The molecule has 2 rings (SSSR count). The standard InChI is InChI=1S/C12H20N4OS2/c1-8(17)10-9(13)11(18-3)12(19-10)14-16-6-4-15(2)5-7-16/h14H,4-7,13H2,1-3H3. The number of anilines is 2. The number of nitrogen functional groups attached to an aromatic ring is 1. The van der Waals surface area contributed by atoms with Crippen molar-refractivity contribution in [1.82, 2.24) is 9.91 Å². The fraction of sp³-hybridized carbons (Fsp3) is 0.583. The Bertz CT molecular complexity index is 467. The minimum atomic E-state index is 0.0317. The first kappa shape index (κ1) is 14.6. The van der Waals surface area contributed by atoms with Gasteiger partial charge >= 0.3 is 0 Å². The Labute approximate surface area is 122 Å². The minimum absolute atomic E-state index is 0.0317. The summed E-state index contributed by atoms with van der Waals surface area (Å²) in [5, 5.41) is 3.18. The highest BCUT2D eigenvalue weighted by Gasteiger charge is 2.21. The lowest BCUT2D eigenvalue weighted by Crippen LogP contribution is -2.46. The summed E-state index contributed by atoms with van der Waals surface area (Å²) >= 11 is 3.03. The predicted molar refractivity (Wildman–Crippen MR) is 83.2 cm³/mol. The average Bonchev–Trinajstić information content (AvgIpc) is 2.68. The van der Waals surface area contributed by atoms with Crippen LogP contribution in [0.5, 0.6) is 0 Å². The average molecular weight is 300 g/mol. The summed E-state index contributed by atoms with van der Waals surface area (Å²) in [7, 11) is 2.13. The van der Waals surface area contributed by atoms with Gasteiger partial charge in [0.05, 0.1) is 15.5 Å². The third-order valence-corrected chi connectivity index (χ3v) is 5.36. The van der Waals surface area contributed by atoms with Gasteiger partial charge in [0.2, 0.25) is 0 Å². The number of nitrogens with one attached hydrogen (secondary N) is 1. The SMILES string of the molecule is CSc1c(NN2CCN(C)CC2)sc(C(C)=O)c1N. The maximum Gasteiger partial charge on any atom is 0.171 e. The quantitative estimate of drug-likeness (QED) is 0.653. The smallest absolute Gasteiger partial charge is 0.171 e. The van der Waals surface area contributed by atoms with Gasteiger partial charge in [-0.3, -0.25) is 4.79 Å². The number of thiophene rings is 1. The molecular formula is C12H20N4OS2. The molecule has 106 valence electrons. The maximum absolute atomic E-state index is 11.6. The number of likely N-dealkylation sites (N-methyl/N-ethyl adjacent to an activating group) is 1. The lowest BCUT2D eigenvalue weighted by Gasteiger charge is -2.32. The summed E-state index contributed by atoms with van der Waals surface area (Å²) in [6.07, 6.45) is 1.98. The van der Waals surface area contributed by atoms with Crippen LogP contribution in [0.1, 0.15) is 16.6 Å². The summed E-state index contributed by atoms with van der Waals surface area (Å²) in [5.74, 6) is 0.0317. The van der Waals surface area contributed by atoms with Crippen LogP contribution in [-0.4, -0.2) is 55.2 Å². The van der Waals surface area contributed by atoms with Gasteiger partial charge < -0.3 is 16.1 Å². The highest BCUT2D eigenvalue weighted by Crippen LogP contribution is 2.42. The Kier molecular flexibility index (Phi) is 4.72. The summed E-state index contributed by atoms with van der Waals surface area (Å²) in [5.41, 5.74) is 10.1. The molecule has 1 aliphatic rings. The van der Waals surface area contributed by atoms with Gasteiger partial charge in [0.15, 0.2) is 5.78 Å². The molecule has 0 amide bonds. The molecule has 3 N–H and O–H groups in total.